The topological polar surface area (TPSA) is 57.3 Å². The Bertz CT molecular complexity index is 1110. The van der Waals surface area contributed by atoms with Crippen LogP contribution in [0.4, 0.5) is 15.9 Å². The molecule has 32 heavy (non-hydrogen) atoms. The molecule has 1 aliphatic rings. The van der Waals surface area contributed by atoms with Gasteiger partial charge in [-0.2, -0.15) is 0 Å². The summed E-state index contributed by atoms with van der Waals surface area (Å²) in [6.07, 6.45) is 4.02. The molecule has 7 heteroatoms. The predicted octanol–water partition coefficient (Wildman–Crippen LogP) is 5.49. The van der Waals surface area contributed by atoms with Gasteiger partial charge in [0.25, 0.3) is 5.91 Å². The number of fused-ring (bicyclic) bond motifs is 1. The van der Waals surface area contributed by atoms with Gasteiger partial charge in [0.05, 0.1) is 16.1 Å². The van der Waals surface area contributed by atoms with Gasteiger partial charge < -0.3 is 15.5 Å². The van der Waals surface area contributed by atoms with Crippen molar-refractivity contribution in [1.82, 2.24) is 10.3 Å². The third kappa shape index (κ3) is 5.13. The average Bonchev–Trinajstić information content (AvgIpc) is 2.79. The molecular weight excluding hydrogens is 427 g/mol. The van der Waals surface area contributed by atoms with Crippen LogP contribution < -0.4 is 15.5 Å². The van der Waals surface area contributed by atoms with Crippen LogP contribution in [-0.4, -0.2) is 37.6 Å². The second kappa shape index (κ2) is 9.74. The number of amides is 1. The van der Waals surface area contributed by atoms with Gasteiger partial charge in [-0.1, -0.05) is 29.8 Å². The number of aromatic nitrogens is 1. The van der Waals surface area contributed by atoms with Gasteiger partial charge in [-0.05, 0) is 55.9 Å². The van der Waals surface area contributed by atoms with E-state index in [1.165, 1.54) is 18.2 Å². The Morgan fingerprint density at radius 2 is 1.88 bits per heavy atom. The summed E-state index contributed by atoms with van der Waals surface area (Å²) in [5, 5.41) is 7.92. The van der Waals surface area contributed by atoms with Gasteiger partial charge in [0.1, 0.15) is 11.6 Å². The van der Waals surface area contributed by atoms with Crippen molar-refractivity contribution in [3.05, 3.63) is 64.9 Å². The largest absolute Gasteiger partial charge is 0.377 e. The van der Waals surface area contributed by atoms with E-state index in [4.69, 9.17) is 16.6 Å². The molecule has 0 spiro atoms. The normalized spacial score (nSPS) is 18.4. The van der Waals surface area contributed by atoms with Crippen molar-refractivity contribution in [2.45, 2.75) is 31.7 Å². The number of benzene rings is 2. The van der Waals surface area contributed by atoms with Gasteiger partial charge in [-0.3, -0.25) is 4.79 Å². The van der Waals surface area contributed by atoms with E-state index < -0.39 is 5.82 Å². The molecule has 1 aromatic heterocycles. The molecule has 0 bridgehead atoms. The van der Waals surface area contributed by atoms with Crippen LogP contribution in [0.15, 0.2) is 48.5 Å². The van der Waals surface area contributed by atoms with E-state index in [2.05, 4.69) is 27.7 Å². The highest BCUT2D eigenvalue weighted by Crippen LogP contribution is 2.30. The fraction of sp³-hybridized carbons (Fsp3) is 0.360. The summed E-state index contributed by atoms with van der Waals surface area (Å²) < 4.78 is 13.4. The summed E-state index contributed by atoms with van der Waals surface area (Å²) in [5.41, 5.74) is 2.31. The number of nitrogens with one attached hydrogen (secondary N) is 2. The van der Waals surface area contributed by atoms with Crippen molar-refractivity contribution >= 4 is 39.9 Å². The van der Waals surface area contributed by atoms with Gasteiger partial charge in [-0.25, -0.2) is 9.37 Å². The second-order valence-electron chi connectivity index (χ2n) is 8.63. The Balaban J connectivity index is 1.32. The molecule has 5 nitrogen and oxygen atoms in total. The van der Waals surface area contributed by atoms with E-state index in [1.54, 1.807) is 0 Å². The van der Waals surface area contributed by atoms with E-state index in [0.717, 1.165) is 48.1 Å². The predicted molar refractivity (Wildman–Crippen MR) is 129 cm³/mol. The van der Waals surface area contributed by atoms with Crippen LogP contribution in [0, 0.1) is 11.7 Å². The number of anilines is 2. The van der Waals surface area contributed by atoms with Crippen LogP contribution in [0.25, 0.3) is 10.9 Å². The number of nitrogens with zero attached hydrogens (tertiary/aromatic N) is 2. The van der Waals surface area contributed by atoms with Crippen molar-refractivity contribution in [2.75, 3.05) is 30.9 Å². The van der Waals surface area contributed by atoms with Gasteiger partial charge in [0.2, 0.25) is 0 Å². The zero-order valence-corrected chi connectivity index (χ0v) is 19.1. The molecule has 168 valence electrons. The maximum absolute atomic E-state index is 13.4. The minimum Gasteiger partial charge on any atom is -0.377 e. The van der Waals surface area contributed by atoms with E-state index in [1.807, 2.05) is 32.3 Å². The first kappa shape index (κ1) is 22.3. The maximum atomic E-state index is 13.4. The molecule has 0 atom stereocenters. The molecule has 1 fully saturated rings. The number of hydrogen-bond acceptors (Lipinski definition) is 4. The first-order valence-corrected chi connectivity index (χ1v) is 11.4. The van der Waals surface area contributed by atoms with E-state index >= 15 is 0 Å². The summed E-state index contributed by atoms with van der Waals surface area (Å²) in [7, 11) is 4.09. The number of carbonyl (C=O) groups excluding carboxylic acids is 1. The minimum atomic E-state index is -0.467. The Kier molecular flexibility index (Phi) is 6.80. The lowest BCUT2D eigenvalue weighted by molar-refractivity contribution is 0.0943. The van der Waals surface area contributed by atoms with Gasteiger partial charge >= 0.3 is 0 Å². The molecule has 0 unspecified atom stereocenters. The molecule has 1 saturated carbocycles. The highest BCUT2D eigenvalue weighted by molar-refractivity contribution is 6.33. The van der Waals surface area contributed by atoms with Gasteiger partial charge in [0.15, 0.2) is 0 Å². The fourth-order valence-electron chi connectivity index (χ4n) is 4.32. The van der Waals surface area contributed by atoms with Crippen molar-refractivity contribution < 1.29 is 9.18 Å². The number of pyridine rings is 1. The molecule has 0 aliphatic heterocycles. The Morgan fingerprint density at radius 1 is 1.12 bits per heavy atom. The fourth-order valence-corrected chi connectivity index (χ4v) is 4.53. The van der Waals surface area contributed by atoms with Crippen LogP contribution in [0.1, 0.15) is 36.0 Å². The van der Waals surface area contributed by atoms with E-state index in [9.17, 15) is 9.18 Å². The molecule has 1 aliphatic carbocycles. The monoisotopic (exact) mass is 454 g/mol. The Hall–Kier alpha value is -2.86. The van der Waals surface area contributed by atoms with Gasteiger partial charge in [0, 0.05) is 43.8 Å². The lowest BCUT2D eigenvalue weighted by Gasteiger charge is -2.30. The summed E-state index contributed by atoms with van der Waals surface area (Å²) in [5.74, 6) is 0.494. The zero-order chi connectivity index (χ0) is 22.7. The molecule has 2 aromatic carbocycles. The number of para-hydroxylation sites is 1. The number of hydrogen-bond donors (Lipinski definition) is 2. The highest BCUT2D eigenvalue weighted by Gasteiger charge is 2.23. The van der Waals surface area contributed by atoms with Crippen molar-refractivity contribution in [1.29, 1.82) is 0 Å². The smallest absolute Gasteiger partial charge is 0.252 e. The van der Waals surface area contributed by atoms with Crippen LogP contribution in [0.2, 0.25) is 5.02 Å². The van der Waals surface area contributed by atoms with Crippen molar-refractivity contribution in [3.63, 3.8) is 0 Å². The first-order chi connectivity index (χ1) is 15.4. The second-order valence-corrected chi connectivity index (χ2v) is 9.04. The summed E-state index contributed by atoms with van der Waals surface area (Å²) >= 11 is 6.03. The third-order valence-electron chi connectivity index (χ3n) is 6.10. The lowest BCUT2D eigenvalue weighted by Crippen LogP contribution is -2.34. The van der Waals surface area contributed by atoms with Crippen LogP contribution in [-0.2, 0) is 0 Å². The van der Waals surface area contributed by atoms with E-state index in [0.29, 0.717) is 18.5 Å². The molecule has 2 N–H and O–H groups in total. The molecule has 1 heterocycles. The van der Waals surface area contributed by atoms with E-state index in [-0.39, 0.29) is 16.5 Å². The number of carbonyl (C=O) groups is 1. The van der Waals surface area contributed by atoms with Crippen molar-refractivity contribution in [3.8, 4) is 0 Å². The third-order valence-corrected chi connectivity index (χ3v) is 6.43. The molecule has 1 amide bonds. The van der Waals surface area contributed by atoms with Crippen molar-refractivity contribution in [2.24, 2.45) is 5.92 Å². The van der Waals surface area contributed by atoms with Crippen LogP contribution in [0.5, 0.6) is 0 Å². The molecule has 0 saturated heterocycles. The molecule has 4 rings (SSSR count). The summed E-state index contributed by atoms with van der Waals surface area (Å²) in [4.78, 5) is 19.3. The lowest BCUT2D eigenvalue weighted by atomic mass is 9.86. The molecular formula is C25H28ClFN4O. The average molecular weight is 455 g/mol. The number of rotatable bonds is 6. The maximum Gasteiger partial charge on any atom is 0.252 e. The Labute approximate surface area is 193 Å². The Morgan fingerprint density at radius 3 is 2.62 bits per heavy atom. The standard InChI is InChI=1S/C25H28ClFN4O/c1-31(2)23-14-24(30-22-6-4-3-5-19(22)23)29-18-10-7-16(8-11-18)15-28-25(32)20-13-17(27)9-12-21(20)26/h3-6,9,12-14,16,18H,7-8,10-11,15H2,1-2H3,(H,28,32)(H,29,30)/t16-,18+. The zero-order valence-electron chi connectivity index (χ0n) is 18.4. The minimum absolute atomic E-state index is 0.182. The molecule has 3 aromatic rings. The molecule has 0 radical (unpaired) electrons. The van der Waals surface area contributed by atoms with Gasteiger partial charge in [-0.15, -0.1) is 0 Å². The van der Waals surface area contributed by atoms with Crippen LogP contribution >= 0.6 is 11.6 Å². The highest BCUT2D eigenvalue weighted by atomic mass is 35.5. The number of halogens is 2. The first-order valence-electron chi connectivity index (χ1n) is 11.0. The van der Waals surface area contributed by atoms with Crippen LogP contribution in [0.3, 0.4) is 0 Å². The summed E-state index contributed by atoms with van der Waals surface area (Å²) in [6.45, 7) is 0.567. The SMILES string of the molecule is CN(C)c1cc(N[C@H]2CC[C@@H](CNC(=O)c3cc(F)ccc3Cl)CC2)nc2ccccc12. The quantitative estimate of drug-likeness (QED) is 0.516. The summed E-state index contributed by atoms with van der Waals surface area (Å²) in [6, 6.07) is 14.5.